The molecule has 4 amide bonds. The lowest BCUT2D eigenvalue weighted by molar-refractivity contribution is 0.0691. The first kappa shape index (κ1) is 11.7. The number of hydrogen-bond donors (Lipinski definition) is 2. The minimum absolute atomic E-state index is 0.264. The van der Waals surface area contributed by atoms with E-state index in [1.54, 1.807) is 0 Å². The maximum atomic E-state index is 12.2. The molecule has 2 aromatic rings. The Morgan fingerprint density at radius 1 is 0.850 bits per heavy atom. The summed E-state index contributed by atoms with van der Waals surface area (Å²) in [5.41, 5.74) is 0. The summed E-state index contributed by atoms with van der Waals surface area (Å²) in [4.78, 5) is 26.3. The van der Waals surface area contributed by atoms with Crippen LogP contribution in [0.4, 0.5) is 9.59 Å². The Hall–Kier alpha value is -2.06. The minimum Gasteiger partial charge on any atom is -0.310 e. The molecule has 0 aliphatic carbocycles. The molecule has 0 bridgehead atoms. The first-order valence-corrected chi connectivity index (χ1v) is 7.78. The Morgan fingerprint density at radius 2 is 1.30 bits per heavy atom. The highest BCUT2D eigenvalue weighted by molar-refractivity contribution is 7.10. The van der Waals surface area contributed by atoms with Gasteiger partial charge in [-0.15, -0.1) is 22.7 Å². The Balaban J connectivity index is 1.73. The van der Waals surface area contributed by atoms with E-state index in [0.717, 1.165) is 9.75 Å². The monoisotopic (exact) mass is 306 g/mol. The summed E-state index contributed by atoms with van der Waals surface area (Å²) < 4.78 is 0. The molecular formula is C12H10N4O2S2. The molecule has 8 heteroatoms. The SMILES string of the molecule is O=C1N[C@H](c2cccs2)N2C(=O)N[C@H](c3cccs3)N12. The van der Waals surface area contributed by atoms with Crippen LogP contribution in [0.2, 0.25) is 0 Å². The van der Waals surface area contributed by atoms with Gasteiger partial charge < -0.3 is 10.6 Å². The number of urea groups is 2. The second kappa shape index (κ2) is 4.22. The van der Waals surface area contributed by atoms with Crippen molar-refractivity contribution in [3.05, 3.63) is 44.8 Å². The van der Waals surface area contributed by atoms with Crippen LogP contribution < -0.4 is 10.6 Å². The normalized spacial score (nSPS) is 24.8. The summed E-state index contributed by atoms with van der Waals surface area (Å²) in [6.45, 7) is 0. The molecule has 4 rings (SSSR count). The molecule has 0 saturated carbocycles. The number of nitrogens with zero attached hydrogens (tertiary/aromatic N) is 2. The van der Waals surface area contributed by atoms with Gasteiger partial charge in [0.25, 0.3) is 0 Å². The smallest absolute Gasteiger partial charge is 0.310 e. The molecule has 2 saturated heterocycles. The van der Waals surface area contributed by atoms with Gasteiger partial charge in [-0.25, -0.2) is 19.6 Å². The highest BCUT2D eigenvalue weighted by Crippen LogP contribution is 2.38. The van der Waals surface area contributed by atoms with E-state index in [-0.39, 0.29) is 12.1 Å². The summed E-state index contributed by atoms with van der Waals surface area (Å²) in [7, 11) is 0. The van der Waals surface area contributed by atoms with Crippen molar-refractivity contribution in [2.45, 2.75) is 12.3 Å². The number of nitrogens with one attached hydrogen (secondary N) is 2. The van der Waals surface area contributed by atoms with Gasteiger partial charge in [0.2, 0.25) is 0 Å². The van der Waals surface area contributed by atoms with Gasteiger partial charge in [0.15, 0.2) is 12.3 Å². The largest absolute Gasteiger partial charge is 0.340 e. The fourth-order valence-corrected chi connectivity index (χ4v) is 3.96. The number of fused-ring (bicyclic) bond motifs is 1. The predicted octanol–water partition coefficient (Wildman–Crippen LogP) is 2.47. The van der Waals surface area contributed by atoms with Crippen molar-refractivity contribution >= 4 is 34.7 Å². The van der Waals surface area contributed by atoms with Gasteiger partial charge in [0, 0.05) is 9.75 Å². The Morgan fingerprint density at radius 3 is 1.65 bits per heavy atom. The Bertz CT molecular complexity index is 597. The first-order valence-electron chi connectivity index (χ1n) is 6.02. The maximum absolute atomic E-state index is 12.2. The Labute approximate surface area is 122 Å². The van der Waals surface area contributed by atoms with Crippen LogP contribution in [0.25, 0.3) is 0 Å². The van der Waals surface area contributed by atoms with Crippen molar-refractivity contribution in [2.24, 2.45) is 0 Å². The van der Waals surface area contributed by atoms with Gasteiger partial charge in [-0.3, -0.25) is 0 Å². The molecule has 2 aromatic heterocycles. The zero-order valence-corrected chi connectivity index (χ0v) is 11.8. The number of hydrogen-bond acceptors (Lipinski definition) is 4. The predicted molar refractivity (Wildman–Crippen MR) is 74.9 cm³/mol. The van der Waals surface area contributed by atoms with Gasteiger partial charge in [-0.2, -0.15) is 0 Å². The van der Waals surface area contributed by atoms with Crippen LogP contribution in [-0.2, 0) is 0 Å². The summed E-state index contributed by atoms with van der Waals surface area (Å²) >= 11 is 3.02. The van der Waals surface area contributed by atoms with Gasteiger partial charge in [0.05, 0.1) is 0 Å². The molecule has 0 aromatic carbocycles. The molecule has 2 N–H and O–H groups in total. The molecular weight excluding hydrogens is 296 g/mol. The van der Waals surface area contributed by atoms with Crippen molar-refractivity contribution in [1.29, 1.82) is 0 Å². The van der Waals surface area contributed by atoms with Crippen LogP contribution in [0.3, 0.4) is 0 Å². The van der Waals surface area contributed by atoms with E-state index in [1.807, 2.05) is 35.0 Å². The van der Waals surface area contributed by atoms with Crippen LogP contribution in [0.5, 0.6) is 0 Å². The van der Waals surface area contributed by atoms with Crippen molar-refractivity contribution in [3.63, 3.8) is 0 Å². The standard InChI is InChI=1S/C12H10N4O2S2/c17-11-13-9(7-3-1-5-19-7)15-12(18)14-10(16(11)15)8-4-2-6-20-8/h1-6,9-10H,(H,13,17)(H,14,18)/t9-,10-/m0/s1. The quantitative estimate of drug-likeness (QED) is 0.895. The molecule has 0 spiro atoms. The van der Waals surface area contributed by atoms with Crippen LogP contribution in [-0.4, -0.2) is 22.1 Å². The van der Waals surface area contributed by atoms with E-state index in [1.165, 1.54) is 32.7 Å². The average molecular weight is 306 g/mol. The lowest BCUT2D eigenvalue weighted by Gasteiger charge is -2.22. The highest BCUT2D eigenvalue weighted by Gasteiger charge is 2.51. The topological polar surface area (TPSA) is 64.7 Å². The molecule has 2 fully saturated rings. The molecule has 20 heavy (non-hydrogen) atoms. The third kappa shape index (κ3) is 1.55. The number of amides is 4. The lowest BCUT2D eigenvalue weighted by Crippen LogP contribution is -2.35. The zero-order chi connectivity index (χ0) is 13.7. The third-order valence-electron chi connectivity index (χ3n) is 3.28. The number of carbonyl (C=O) groups excluding carboxylic acids is 2. The molecule has 102 valence electrons. The lowest BCUT2D eigenvalue weighted by atomic mass is 10.4. The summed E-state index contributed by atoms with van der Waals surface area (Å²) in [6, 6.07) is 7.09. The zero-order valence-electron chi connectivity index (χ0n) is 10.1. The van der Waals surface area contributed by atoms with Gasteiger partial charge >= 0.3 is 12.1 Å². The van der Waals surface area contributed by atoms with Crippen LogP contribution in [0.1, 0.15) is 22.1 Å². The number of carbonyl (C=O) groups is 2. The number of hydrazine groups is 1. The fraction of sp³-hybridized carbons (Fsp3) is 0.167. The van der Waals surface area contributed by atoms with E-state index < -0.39 is 12.3 Å². The number of thiophene rings is 2. The van der Waals surface area contributed by atoms with Gasteiger partial charge in [0.1, 0.15) is 0 Å². The molecule has 6 nitrogen and oxygen atoms in total. The van der Waals surface area contributed by atoms with Crippen molar-refractivity contribution < 1.29 is 9.59 Å². The highest BCUT2D eigenvalue weighted by atomic mass is 32.1. The minimum atomic E-state index is -0.424. The fourth-order valence-electron chi connectivity index (χ4n) is 2.44. The van der Waals surface area contributed by atoms with Crippen LogP contribution in [0.15, 0.2) is 35.0 Å². The third-order valence-corrected chi connectivity index (χ3v) is 5.13. The summed E-state index contributed by atoms with van der Waals surface area (Å²) in [5.74, 6) is 0. The van der Waals surface area contributed by atoms with E-state index in [0.29, 0.717) is 0 Å². The summed E-state index contributed by atoms with van der Waals surface area (Å²) in [6.07, 6.45) is -0.847. The average Bonchev–Trinajstić information content (AvgIpc) is 3.17. The van der Waals surface area contributed by atoms with Crippen molar-refractivity contribution in [1.82, 2.24) is 20.7 Å². The van der Waals surface area contributed by atoms with Crippen molar-refractivity contribution in [2.75, 3.05) is 0 Å². The van der Waals surface area contributed by atoms with Gasteiger partial charge in [-0.1, -0.05) is 12.1 Å². The second-order valence-corrected chi connectivity index (χ2v) is 6.38. The molecule has 4 heterocycles. The first-order chi connectivity index (χ1) is 9.75. The van der Waals surface area contributed by atoms with E-state index in [2.05, 4.69) is 10.6 Å². The molecule has 2 aliphatic rings. The summed E-state index contributed by atoms with van der Waals surface area (Å²) in [5, 5.41) is 12.5. The molecule has 0 unspecified atom stereocenters. The molecule has 2 aliphatic heterocycles. The van der Waals surface area contributed by atoms with Crippen LogP contribution in [0, 0.1) is 0 Å². The van der Waals surface area contributed by atoms with Crippen LogP contribution >= 0.6 is 22.7 Å². The Kier molecular flexibility index (Phi) is 2.48. The second-order valence-electron chi connectivity index (χ2n) is 4.42. The number of rotatable bonds is 2. The maximum Gasteiger partial charge on any atom is 0.340 e. The van der Waals surface area contributed by atoms with E-state index >= 15 is 0 Å². The van der Waals surface area contributed by atoms with E-state index in [4.69, 9.17) is 0 Å². The van der Waals surface area contributed by atoms with Crippen molar-refractivity contribution in [3.8, 4) is 0 Å². The van der Waals surface area contributed by atoms with Gasteiger partial charge in [-0.05, 0) is 22.9 Å². The molecule has 0 radical (unpaired) electrons. The molecule has 2 atom stereocenters. The van der Waals surface area contributed by atoms with E-state index in [9.17, 15) is 9.59 Å².